The molecular weight excluding hydrogens is 606 g/mol. The van der Waals surface area contributed by atoms with Crippen LogP contribution in [0.25, 0.3) is 44.3 Å². The van der Waals surface area contributed by atoms with Gasteiger partial charge in [0, 0.05) is 41.3 Å². The summed E-state index contributed by atoms with van der Waals surface area (Å²) in [4.78, 5) is 31.1. The highest BCUT2D eigenvalue weighted by Crippen LogP contribution is 2.40. The molecule has 3 N–H and O–H groups in total. The maximum absolute atomic E-state index is 13.7. The van der Waals surface area contributed by atoms with Gasteiger partial charge in [-0.2, -0.15) is 0 Å². The highest BCUT2D eigenvalue weighted by molar-refractivity contribution is 7.80. The van der Waals surface area contributed by atoms with Gasteiger partial charge in [0.15, 0.2) is 0 Å². The van der Waals surface area contributed by atoms with Crippen molar-refractivity contribution in [2.45, 2.75) is 6.54 Å². The van der Waals surface area contributed by atoms with Crippen molar-refractivity contribution in [2.75, 3.05) is 18.9 Å². The fourth-order valence-electron chi connectivity index (χ4n) is 5.19. The Balaban J connectivity index is 1.53. The first-order chi connectivity index (χ1) is 21.7. The van der Waals surface area contributed by atoms with Crippen molar-refractivity contribution in [3.05, 3.63) is 112 Å². The lowest BCUT2D eigenvalue weighted by atomic mass is 9.98. The molecule has 0 fully saturated rings. The van der Waals surface area contributed by atoms with E-state index in [1.807, 2.05) is 0 Å². The molecule has 4 aromatic carbocycles. The first-order valence-electron chi connectivity index (χ1n) is 13.4. The van der Waals surface area contributed by atoms with Gasteiger partial charge in [0.25, 0.3) is 22.7 Å². The fourth-order valence-corrected chi connectivity index (χ4v) is 5.54. The third-order valence-corrected chi connectivity index (χ3v) is 7.71. The number of aromatic nitrogens is 2. The number of methoxy groups -OCH3 is 1. The lowest BCUT2D eigenvalue weighted by molar-refractivity contribution is 0.0964. The Labute approximate surface area is 256 Å². The molecule has 10 nitrogen and oxygen atoms in total. The van der Waals surface area contributed by atoms with Gasteiger partial charge < -0.3 is 14.5 Å². The van der Waals surface area contributed by atoms with E-state index in [2.05, 4.69) is 15.0 Å². The SMILES string of the molecule is CNC(=O)c1c(-c2ccc(F)cc2)oc2cc(NS(=O)O)c(-c3ccc4ncn(Cc5ccc(F)cc5OC)c(=O)c4c3)cc12. The Morgan fingerprint density at radius 1 is 1.00 bits per heavy atom. The molecule has 0 spiro atoms. The van der Waals surface area contributed by atoms with E-state index in [9.17, 15) is 27.1 Å². The highest BCUT2D eigenvalue weighted by Gasteiger charge is 2.24. The van der Waals surface area contributed by atoms with Gasteiger partial charge in [-0.15, -0.1) is 0 Å². The number of hydrogen-bond acceptors (Lipinski definition) is 6. The summed E-state index contributed by atoms with van der Waals surface area (Å²) in [7, 11) is 2.87. The number of hydrogen-bond donors (Lipinski definition) is 3. The average molecular weight is 631 g/mol. The number of carbonyl (C=O) groups is 1. The molecule has 13 heteroatoms. The van der Waals surface area contributed by atoms with Gasteiger partial charge in [-0.1, -0.05) is 12.1 Å². The Bertz CT molecular complexity index is 2200. The summed E-state index contributed by atoms with van der Waals surface area (Å²) in [6.07, 6.45) is 1.39. The Morgan fingerprint density at radius 2 is 1.73 bits per heavy atom. The number of nitrogens with one attached hydrogen (secondary N) is 2. The van der Waals surface area contributed by atoms with Crippen LogP contribution in [0.5, 0.6) is 5.75 Å². The molecule has 0 aliphatic rings. The number of carbonyl (C=O) groups excluding carboxylic acids is 1. The van der Waals surface area contributed by atoms with Crippen LogP contribution in [-0.2, 0) is 17.8 Å². The first-order valence-corrected chi connectivity index (χ1v) is 14.6. The maximum Gasteiger partial charge on any atom is 0.261 e. The number of furan rings is 1. The van der Waals surface area contributed by atoms with Crippen LogP contribution in [0.2, 0.25) is 0 Å². The number of rotatable bonds is 8. The van der Waals surface area contributed by atoms with E-state index in [0.29, 0.717) is 33.2 Å². The van der Waals surface area contributed by atoms with Crippen LogP contribution in [0, 0.1) is 11.6 Å². The second-order valence-electron chi connectivity index (χ2n) is 10.0. The van der Waals surface area contributed by atoms with Crippen molar-refractivity contribution < 1.29 is 31.5 Å². The van der Waals surface area contributed by atoms with Gasteiger partial charge in [0.1, 0.15) is 28.7 Å². The molecule has 0 aliphatic carbocycles. The zero-order valence-corrected chi connectivity index (χ0v) is 24.6. The summed E-state index contributed by atoms with van der Waals surface area (Å²) >= 11 is -2.48. The van der Waals surface area contributed by atoms with Gasteiger partial charge in [-0.05, 0) is 54.1 Å². The standard InChI is InChI=1S/C32H24F2N4O6S/c1-35-31(39)29-24-13-22(26(37-45(41)42)14-28(24)44-30(29)17-3-7-20(33)8-4-17)18-6-10-25-23(11-18)32(40)38(16-36-25)15-19-5-9-21(34)12-27(19)43-2/h3-14,16,37H,15H2,1-2H3,(H,35,39)(H,41,42). The van der Waals surface area contributed by atoms with Crippen LogP contribution in [0.1, 0.15) is 15.9 Å². The van der Waals surface area contributed by atoms with Gasteiger partial charge in [-0.25, -0.2) is 18.0 Å². The zero-order chi connectivity index (χ0) is 31.8. The normalized spacial score (nSPS) is 11.9. The predicted octanol–water partition coefficient (Wildman–Crippen LogP) is 5.72. The first kappa shape index (κ1) is 29.7. The van der Waals surface area contributed by atoms with Gasteiger partial charge in [0.2, 0.25) is 0 Å². The molecule has 1 amide bonds. The number of halogens is 2. The number of fused-ring (bicyclic) bond motifs is 2. The molecule has 0 aliphatic heterocycles. The van der Waals surface area contributed by atoms with E-state index in [0.717, 1.165) is 0 Å². The van der Waals surface area contributed by atoms with Crippen molar-refractivity contribution in [3.8, 4) is 28.2 Å². The second-order valence-corrected chi connectivity index (χ2v) is 10.7. The van der Waals surface area contributed by atoms with E-state index in [1.165, 1.54) is 73.6 Å². The molecule has 6 aromatic rings. The Kier molecular flexibility index (Phi) is 7.87. The summed E-state index contributed by atoms with van der Waals surface area (Å²) in [6.45, 7) is 0.0639. The van der Waals surface area contributed by atoms with Gasteiger partial charge in [-0.3, -0.25) is 23.4 Å². The van der Waals surface area contributed by atoms with Gasteiger partial charge >= 0.3 is 0 Å². The second kappa shape index (κ2) is 11.9. The molecule has 0 bridgehead atoms. The average Bonchev–Trinajstić information content (AvgIpc) is 3.40. The van der Waals surface area contributed by atoms with Crippen molar-refractivity contribution in [1.29, 1.82) is 0 Å². The van der Waals surface area contributed by atoms with E-state index < -0.39 is 28.8 Å². The molecular formula is C32H24F2N4O6S. The quantitative estimate of drug-likeness (QED) is 0.183. The van der Waals surface area contributed by atoms with Crippen molar-refractivity contribution in [3.63, 3.8) is 0 Å². The molecule has 228 valence electrons. The number of nitrogens with zero attached hydrogens (tertiary/aromatic N) is 2. The molecule has 2 heterocycles. The van der Waals surface area contributed by atoms with E-state index in [1.54, 1.807) is 24.3 Å². The largest absolute Gasteiger partial charge is 0.496 e. The van der Waals surface area contributed by atoms with E-state index >= 15 is 0 Å². The fraction of sp³-hybridized carbons (Fsp3) is 0.0938. The van der Waals surface area contributed by atoms with Crippen LogP contribution in [0.15, 0.2) is 88.3 Å². The number of anilines is 1. The monoisotopic (exact) mass is 630 g/mol. The molecule has 6 rings (SSSR count). The molecule has 0 radical (unpaired) electrons. The molecule has 0 saturated carbocycles. The van der Waals surface area contributed by atoms with Crippen molar-refractivity contribution >= 4 is 44.7 Å². The zero-order valence-electron chi connectivity index (χ0n) is 23.8. The minimum atomic E-state index is -2.48. The third kappa shape index (κ3) is 5.66. The van der Waals surface area contributed by atoms with Crippen LogP contribution in [0.4, 0.5) is 14.5 Å². The molecule has 1 atom stereocenters. The van der Waals surface area contributed by atoms with Crippen LogP contribution in [0.3, 0.4) is 0 Å². The minimum Gasteiger partial charge on any atom is -0.496 e. The number of benzene rings is 4. The lowest BCUT2D eigenvalue weighted by Gasteiger charge is -2.13. The van der Waals surface area contributed by atoms with E-state index in [4.69, 9.17) is 9.15 Å². The van der Waals surface area contributed by atoms with Crippen molar-refractivity contribution in [2.24, 2.45) is 0 Å². The molecule has 45 heavy (non-hydrogen) atoms. The summed E-state index contributed by atoms with van der Waals surface area (Å²) in [5.41, 5.74) is 2.48. The minimum absolute atomic E-state index is 0.0639. The Hall–Kier alpha value is -5.40. The Morgan fingerprint density at radius 3 is 2.44 bits per heavy atom. The summed E-state index contributed by atoms with van der Waals surface area (Å²) in [6, 6.07) is 17.5. The van der Waals surface area contributed by atoms with Crippen molar-refractivity contribution in [1.82, 2.24) is 14.9 Å². The van der Waals surface area contributed by atoms with Gasteiger partial charge in [0.05, 0.1) is 42.1 Å². The summed E-state index contributed by atoms with van der Waals surface area (Å²) < 4.78 is 64.2. The third-order valence-electron chi connectivity index (χ3n) is 7.31. The van der Waals surface area contributed by atoms with Crippen LogP contribution < -0.4 is 20.3 Å². The number of amides is 1. The number of ether oxygens (including phenoxy) is 1. The molecule has 2 aromatic heterocycles. The van der Waals surface area contributed by atoms with E-state index in [-0.39, 0.29) is 45.8 Å². The topological polar surface area (TPSA) is 136 Å². The molecule has 1 unspecified atom stereocenters. The lowest BCUT2D eigenvalue weighted by Crippen LogP contribution is -2.21. The predicted molar refractivity (Wildman–Crippen MR) is 166 cm³/mol. The molecule has 0 saturated heterocycles. The maximum atomic E-state index is 13.7. The summed E-state index contributed by atoms with van der Waals surface area (Å²) in [5.74, 6) is -0.941. The smallest absolute Gasteiger partial charge is 0.261 e. The van der Waals surface area contributed by atoms with Crippen LogP contribution in [-0.4, -0.2) is 38.4 Å². The summed E-state index contributed by atoms with van der Waals surface area (Å²) in [5, 5.41) is 3.22. The highest BCUT2D eigenvalue weighted by atomic mass is 32.2. The van der Waals surface area contributed by atoms with Crippen LogP contribution >= 0.6 is 0 Å².